The minimum Gasteiger partial charge on any atom is -0.356 e. The van der Waals surface area contributed by atoms with Crippen LogP contribution in [0.3, 0.4) is 0 Å². The molecule has 4 nitrogen and oxygen atoms in total. The lowest BCUT2D eigenvalue weighted by atomic mass is 9.94. The van der Waals surface area contributed by atoms with Crippen molar-refractivity contribution in [2.45, 2.75) is 44.6 Å². The Morgan fingerprint density at radius 2 is 1.90 bits per heavy atom. The molecule has 1 aromatic rings. The summed E-state index contributed by atoms with van der Waals surface area (Å²) in [5, 5.41) is 0. The highest BCUT2D eigenvalue weighted by molar-refractivity contribution is 5.28. The van der Waals surface area contributed by atoms with Crippen LogP contribution in [0.25, 0.3) is 0 Å². The van der Waals surface area contributed by atoms with Gasteiger partial charge in [-0.15, -0.1) is 0 Å². The summed E-state index contributed by atoms with van der Waals surface area (Å²) in [4.78, 5) is 2.49. The van der Waals surface area contributed by atoms with Crippen LogP contribution < -0.4 is 5.73 Å². The molecule has 1 aliphatic heterocycles. The molecule has 0 bridgehead atoms. The molecule has 0 radical (unpaired) electrons. The molecule has 0 aliphatic carbocycles. The van der Waals surface area contributed by atoms with E-state index in [1.807, 2.05) is 0 Å². The summed E-state index contributed by atoms with van der Waals surface area (Å²) in [6.45, 7) is 4.82. The van der Waals surface area contributed by atoms with E-state index in [9.17, 15) is 0 Å². The highest BCUT2D eigenvalue weighted by atomic mass is 16.7. The predicted molar refractivity (Wildman–Crippen MR) is 85.1 cm³/mol. The van der Waals surface area contributed by atoms with Crippen LogP contribution in [-0.2, 0) is 22.4 Å². The van der Waals surface area contributed by atoms with Gasteiger partial charge in [-0.3, -0.25) is 4.90 Å². The fourth-order valence-corrected chi connectivity index (χ4v) is 3.12. The second-order valence-electron chi connectivity index (χ2n) is 6.10. The second kappa shape index (κ2) is 7.36. The van der Waals surface area contributed by atoms with Gasteiger partial charge in [-0.1, -0.05) is 24.3 Å². The van der Waals surface area contributed by atoms with Crippen molar-refractivity contribution < 1.29 is 9.47 Å². The Hall–Kier alpha value is -0.940. The van der Waals surface area contributed by atoms with Gasteiger partial charge in [0, 0.05) is 39.3 Å². The summed E-state index contributed by atoms with van der Waals surface area (Å²) in [5.74, 6) is 0. The molecule has 0 aromatic heterocycles. The van der Waals surface area contributed by atoms with E-state index in [4.69, 9.17) is 15.2 Å². The van der Waals surface area contributed by atoms with E-state index in [1.54, 1.807) is 14.2 Å². The first-order chi connectivity index (χ1) is 10.1. The number of rotatable bonds is 6. The summed E-state index contributed by atoms with van der Waals surface area (Å²) in [6.07, 6.45) is 2.87. The lowest BCUT2D eigenvalue weighted by Crippen LogP contribution is -2.53. The molecular formula is C17H28N2O2. The SMILES string of the molecule is COC(CC(C)(CN)N1CCCc2ccccc2C1)OC. The fourth-order valence-electron chi connectivity index (χ4n) is 3.12. The summed E-state index contributed by atoms with van der Waals surface area (Å²) in [7, 11) is 3.37. The first kappa shape index (κ1) is 16.4. The van der Waals surface area contributed by atoms with Crippen molar-refractivity contribution in [1.82, 2.24) is 4.90 Å². The van der Waals surface area contributed by atoms with Gasteiger partial charge in [-0.25, -0.2) is 0 Å². The lowest BCUT2D eigenvalue weighted by Gasteiger charge is -2.41. The smallest absolute Gasteiger partial charge is 0.158 e. The Kier molecular flexibility index (Phi) is 5.76. The maximum atomic E-state index is 6.11. The van der Waals surface area contributed by atoms with Crippen molar-refractivity contribution in [2.75, 3.05) is 27.3 Å². The van der Waals surface area contributed by atoms with E-state index in [1.165, 1.54) is 11.1 Å². The van der Waals surface area contributed by atoms with Crippen LogP contribution in [0.2, 0.25) is 0 Å². The number of fused-ring (bicyclic) bond motifs is 1. The van der Waals surface area contributed by atoms with E-state index in [-0.39, 0.29) is 11.8 Å². The molecule has 0 spiro atoms. The summed E-state index contributed by atoms with van der Waals surface area (Å²) >= 11 is 0. The third-order valence-electron chi connectivity index (χ3n) is 4.69. The first-order valence-corrected chi connectivity index (χ1v) is 7.70. The zero-order valence-electron chi connectivity index (χ0n) is 13.5. The quantitative estimate of drug-likeness (QED) is 0.816. The van der Waals surface area contributed by atoms with Crippen molar-refractivity contribution in [3.05, 3.63) is 35.4 Å². The Morgan fingerprint density at radius 1 is 1.24 bits per heavy atom. The molecule has 0 fully saturated rings. The molecule has 1 atom stereocenters. The normalized spacial score (nSPS) is 19.1. The van der Waals surface area contributed by atoms with E-state index in [0.717, 1.165) is 32.4 Å². The van der Waals surface area contributed by atoms with Crippen molar-refractivity contribution in [3.8, 4) is 0 Å². The van der Waals surface area contributed by atoms with Crippen molar-refractivity contribution in [2.24, 2.45) is 5.73 Å². The van der Waals surface area contributed by atoms with Crippen LogP contribution in [-0.4, -0.2) is 44.0 Å². The van der Waals surface area contributed by atoms with E-state index >= 15 is 0 Å². The van der Waals surface area contributed by atoms with Gasteiger partial charge in [0.1, 0.15) is 0 Å². The molecule has 2 rings (SSSR count). The number of hydrogen-bond acceptors (Lipinski definition) is 4. The predicted octanol–water partition coefficient (Wildman–Crippen LogP) is 2.16. The van der Waals surface area contributed by atoms with Gasteiger partial charge < -0.3 is 15.2 Å². The van der Waals surface area contributed by atoms with Gasteiger partial charge in [0.25, 0.3) is 0 Å². The highest BCUT2D eigenvalue weighted by Gasteiger charge is 2.34. The number of hydrogen-bond donors (Lipinski definition) is 1. The summed E-state index contributed by atoms with van der Waals surface area (Å²) < 4.78 is 10.8. The fraction of sp³-hybridized carbons (Fsp3) is 0.647. The third kappa shape index (κ3) is 3.83. The zero-order chi connectivity index (χ0) is 15.3. The average molecular weight is 292 g/mol. The average Bonchev–Trinajstić information content (AvgIpc) is 2.75. The monoisotopic (exact) mass is 292 g/mol. The number of benzene rings is 1. The molecule has 0 saturated carbocycles. The Morgan fingerprint density at radius 3 is 2.52 bits per heavy atom. The Balaban J connectivity index is 2.18. The molecule has 118 valence electrons. The van der Waals surface area contributed by atoms with Gasteiger partial charge >= 0.3 is 0 Å². The number of nitrogens with zero attached hydrogens (tertiary/aromatic N) is 1. The first-order valence-electron chi connectivity index (χ1n) is 7.70. The van der Waals surface area contributed by atoms with Gasteiger partial charge in [-0.2, -0.15) is 0 Å². The Bertz CT molecular complexity index is 448. The molecule has 1 aromatic carbocycles. The number of ether oxygens (including phenoxy) is 2. The van der Waals surface area contributed by atoms with Crippen LogP contribution in [0.5, 0.6) is 0 Å². The molecule has 4 heteroatoms. The van der Waals surface area contributed by atoms with Crippen LogP contribution >= 0.6 is 0 Å². The standard InChI is InChI=1S/C17H28N2O2/c1-17(13-18,11-16(20-2)21-3)19-10-6-9-14-7-4-5-8-15(14)12-19/h4-5,7-8,16H,6,9-13,18H2,1-3H3. The van der Waals surface area contributed by atoms with Crippen molar-refractivity contribution in [1.29, 1.82) is 0 Å². The van der Waals surface area contributed by atoms with Crippen molar-refractivity contribution in [3.63, 3.8) is 0 Å². The minimum atomic E-state index is -0.211. The van der Waals surface area contributed by atoms with E-state index < -0.39 is 0 Å². The summed E-state index contributed by atoms with van der Waals surface area (Å²) in [6, 6.07) is 8.72. The second-order valence-corrected chi connectivity index (χ2v) is 6.10. The van der Waals surface area contributed by atoms with Gasteiger partial charge in [0.2, 0.25) is 0 Å². The highest BCUT2D eigenvalue weighted by Crippen LogP contribution is 2.28. The minimum absolute atomic E-state index is 0.117. The zero-order valence-corrected chi connectivity index (χ0v) is 13.5. The molecule has 1 unspecified atom stereocenters. The van der Waals surface area contributed by atoms with Crippen LogP contribution in [0.1, 0.15) is 30.9 Å². The van der Waals surface area contributed by atoms with E-state index in [2.05, 4.69) is 36.1 Å². The molecule has 1 aliphatic rings. The van der Waals surface area contributed by atoms with Gasteiger partial charge in [0.15, 0.2) is 6.29 Å². The lowest BCUT2D eigenvalue weighted by molar-refractivity contribution is -0.129. The molecule has 2 N–H and O–H groups in total. The molecule has 21 heavy (non-hydrogen) atoms. The number of aryl methyl sites for hydroxylation is 1. The molecule has 1 heterocycles. The van der Waals surface area contributed by atoms with Crippen molar-refractivity contribution >= 4 is 0 Å². The molecule has 0 amide bonds. The Labute approximate surface area is 128 Å². The number of methoxy groups -OCH3 is 2. The maximum Gasteiger partial charge on any atom is 0.158 e. The van der Waals surface area contributed by atoms with Gasteiger partial charge in [0.05, 0.1) is 0 Å². The topological polar surface area (TPSA) is 47.7 Å². The van der Waals surface area contributed by atoms with Crippen LogP contribution in [0, 0.1) is 0 Å². The third-order valence-corrected chi connectivity index (χ3v) is 4.69. The van der Waals surface area contributed by atoms with Gasteiger partial charge in [-0.05, 0) is 37.4 Å². The molecular weight excluding hydrogens is 264 g/mol. The largest absolute Gasteiger partial charge is 0.356 e. The maximum absolute atomic E-state index is 6.11. The summed E-state index contributed by atoms with van der Waals surface area (Å²) in [5.41, 5.74) is 8.88. The molecule has 0 saturated heterocycles. The number of nitrogens with two attached hydrogens (primary N) is 1. The van der Waals surface area contributed by atoms with Crippen LogP contribution in [0.4, 0.5) is 0 Å². The van der Waals surface area contributed by atoms with E-state index in [0.29, 0.717) is 6.54 Å². The van der Waals surface area contributed by atoms with Crippen LogP contribution in [0.15, 0.2) is 24.3 Å².